The van der Waals surface area contributed by atoms with Gasteiger partial charge in [-0.1, -0.05) is 44.5 Å². The molecular weight excluding hydrogens is 472 g/mol. The lowest BCUT2D eigenvalue weighted by Gasteiger charge is -2.25. The van der Waals surface area contributed by atoms with E-state index < -0.39 is 35.6 Å². The molecule has 2 rings (SSSR count). The molecule has 0 aliphatic carbocycles. The average molecular weight is 511 g/mol. The van der Waals surface area contributed by atoms with Crippen molar-refractivity contribution < 1.29 is 27.5 Å². The van der Waals surface area contributed by atoms with Crippen LogP contribution in [0.25, 0.3) is 0 Å². The van der Waals surface area contributed by atoms with Gasteiger partial charge in [0.1, 0.15) is 11.6 Å². The molecule has 1 amide bonds. The molecule has 0 spiro atoms. The second-order valence-corrected chi connectivity index (χ2v) is 9.34. The monoisotopic (exact) mass is 510 g/mol. The van der Waals surface area contributed by atoms with Crippen LogP contribution < -0.4 is 10.6 Å². The van der Waals surface area contributed by atoms with Gasteiger partial charge in [-0.2, -0.15) is 0 Å². The Labute approximate surface area is 211 Å². The van der Waals surface area contributed by atoms with Gasteiger partial charge in [-0.15, -0.1) is 0 Å². The number of amides is 1. The van der Waals surface area contributed by atoms with Crippen LogP contribution in [-0.2, 0) is 24.2 Å². The zero-order chi connectivity index (χ0) is 26.6. The fourth-order valence-electron chi connectivity index (χ4n) is 4.08. The second kappa shape index (κ2) is 15.0. The molecule has 2 aromatic carbocycles. The zero-order valence-corrected chi connectivity index (χ0v) is 21.1. The van der Waals surface area contributed by atoms with E-state index in [9.17, 15) is 27.5 Å². The Kier molecular flexibility index (Phi) is 12.4. The van der Waals surface area contributed by atoms with Crippen LogP contribution in [0, 0.1) is 11.6 Å². The number of unbranched alkanes of at least 4 members (excludes halogenated alkanes) is 1. The van der Waals surface area contributed by atoms with Gasteiger partial charge in [0.2, 0.25) is 11.8 Å². The standard InChI is InChI=1S/C28H38F4N2O2/c1-3-5-11-28(31,32)12-7-10-27(36)34-25(16-22-14-23(29)17-24(30)15-22)26(35)19-33-18-21-9-6-8-20(4-2)13-21/h6,8-9,13-15,17,25-26,33,35H,3-5,7,10-12,16,18-19H2,1-2H3,(H,34,36)/t25-,26+/m0/s1. The Balaban J connectivity index is 1.98. The Morgan fingerprint density at radius 1 is 0.972 bits per heavy atom. The van der Waals surface area contributed by atoms with Crippen molar-refractivity contribution in [2.45, 2.75) is 89.8 Å². The average Bonchev–Trinajstić information content (AvgIpc) is 2.81. The SMILES string of the molecule is CCCCC(F)(F)CCCC(=O)N[C@@H](Cc1cc(F)cc(F)c1)[C@H](O)CNCc1cccc(CC)c1. The molecule has 2 aromatic rings. The highest BCUT2D eigenvalue weighted by atomic mass is 19.3. The number of aryl methyl sites for hydroxylation is 1. The van der Waals surface area contributed by atoms with Crippen molar-refractivity contribution in [3.8, 4) is 0 Å². The number of hydrogen-bond acceptors (Lipinski definition) is 3. The highest BCUT2D eigenvalue weighted by Gasteiger charge is 2.28. The lowest BCUT2D eigenvalue weighted by molar-refractivity contribution is -0.123. The summed E-state index contributed by atoms with van der Waals surface area (Å²) >= 11 is 0. The molecule has 4 nitrogen and oxygen atoms in total. The minimum absolute atomic E-state index is 0.00593. The predicted octanol–water partition coefficient (Wildman–Crippen LogP) is 5.70. The van der Waals surface area contributed by atoms with Crippen LogP contribution in [0.5, 0.6) is 0 Å². The van der Waals surface area contributed by atoms with Crippen LogP contribution >= 0.6 is 0 Å². The molecule has 0 bridgehead atoms. The van der Waals surface area contributed by atoms with Gasteiger partial charge < -0.3 is 15.7 Å². The summed E-state index contributed by atoms with van der Waals surface area (Å²) in [4.78, 5) is 12.5. The Bertz CT molecular complexity index is 935. The highest BCUT2D eigenvalue weighted by Crippen LogP contribution is 2.27. The van der Waals surface area contributed by atoms with Crippen molar-refractivity contribution in [3.63, 3.8) is 0 Å². The fraction of sp³-hybridized carbons (Fsp3) is 0.536. The normalized spacial score (nSPS) is 13.4. The van der Waals surface area contributed by atoms with Crippen molar-refractivity contribution >= 4 is 5.91 Å². The van der Waals surface area contributed by atoms with Crippen LogP contribution in [0.4, 0.5) is 17.6 Å². The second-order valence-electron chi connectivity index (χ2n) is 9.34. The molecule has 8 heteroatoms. The van der Waals surface area contributed by atoms with Gasteiger partial charge in [0.05, 0.1) is 12.1 Å². The first-order chi connectivity index (χ1) is 17.1. The molecule has 2 atom stereocenters. The van der Waals surface area contributed by atoms with Gasteiger partial charge in [-0.05, 0) is 54.5 Å². The molecule has 0 heterocycles. The van der Waals surface area contributed by atoms with Crippen LogP contribution in [0.1, 0.15) is 69.1 Å². The van der Waals surface area contributed by atoms with Gasteiger partial charge in [-0.3, -0.25) is 4.79 Å². The Morgan fingerprint density at radius 2 is 1.64 bits per heavy atom. The summed E-state index contributed by atoms with van der Waals surface area (Å²) in [6.07, 6.45) is 0.208. The minimum Gasteiger partial charge on any atom is -0.390 e. The Hall–Kier alpha value is -2.45. The van der Waals surface area contributed by atoms with Crippen LogP contribution in [0.3, 0.4) is 0 Å². The first-order valence-corrected chi connectivity index (χ1v) is 12.7. The van der Waals surface area contributed by atoms with E-state index in [1.54, 1.807) is 0 Å². The molecule has 0 aromatic heterocycles. The number of alkyl halides is 2. The third kappa shape index (κ3) is 11.1. The van der Waals surface area contributed by atoms with Crippen molar-refractivity contribution in [1.82, 2.24) is 10.6 Å². The number of carbonyl (C=O) groups is 1. The van der Waals surface area contributed by atoms with E-state index in [4.69, 9.17) is 0 Å². The molecule has 0 saturated carbocycles. The van der Waals surface area contributed by atoms with Crippen LogP contribution in [-0.4, -0.2) is 35.6 Å². The van der Waals surface area contributed by atoms with E-state index in [0.29, 0.717) is 19.4 Å². The molecule has 0 unspecified atom stereocenters. The number of rotatable bonds is 16. The van der Waals surface area contributed by atoms with Crippen molar-refractivity contribution in [1.29, 1.82) is 0 Å². The molecule has 3 N–H and O–H groups in total. The van der Waals surface area contributed by atoms with Gasteiger partial charge in [0, 0.05) is 38.4 Å². The molecule has 200 valence electrons. The number of aliphatic hydroxyl groups is 1. The maximum atomic E-state index is 13.9. The first-order valence-electron chi connectivity index (χ1n) is 12.7. The molecule has 36 heavy (non-hydrogen) atoms. The number of nitrogens with one attached hydrogen (secondary N) is 2. The van der Waals surface area contributed by atoms with E-state index in [2.05, 4.69) is 23.6 Å². The molecule has 0 saturated heterocycles. The Morgan fingerprint density at radius 3 is 2.31 bits per heavy atom. The lowest BCUT2D eigenvalue weighted by atomic mass is 9.99. The van der Waals surface area contributed by atoms with Crippen molar-refractivity contribution in [2.75, 3.05) is 6.54 Å². The van der Waals surface area contributed by atoms with Gasteiger partial charge in [0.15, 0.2) is 0 Å². The number of halogens is 4. The van der Waals surface area contributed by atoms with E-state index in [1.807, 2.05) is 25.1 Å². The highest BCUT2D eigenvalue weighted by molar-refractivity contribution is 5.76. The van der Waals surface area contributed by atoms with E-state index in [-0.39, 0.29) is 44.2 Å². The predicted molar refractivity (Wildman–Crippen MR) is 134 cm³/mol. The number of hydrogen-bond donors (Lipinski definition) is 3. The maximum absolute atomic E-state index is 13.9. The van der Waals surface area contributed by atoms with Crippen LogP contribution in [0.2, 0.25) is 0 Å². The third-order valence-corrected chi connectivity index (χ3v) is 6.11. The summed E-state index contributed by atoms with van der Waals surface area (Å²) in [7, 11) is 0. The van der Waals surface area contributed by atoms with E-state index in [0.717, 1.165) is 30.2 Å². The van der Waals surface area contributed by atoms with Gasteiger partial charge >= 0.3 is 0 Å². The van der Waals surface area contributed by atoms with Gasteiger partial charge in [0.25, 0.3) is 0 Å². The molecular formula is C28H38F4N2O2. The topological polar surface area (TPSA) is 61.4 Å². The van der Waals surface area contributed by atoms with Crippen molar-refractivity contribution in [2.24, 2.45) is 0 Å². The molecule has 0 aliphatic rings. The summed E-state index contributed by atoms with van der Waals surface area (Å²) < 4.78 is 55.2. The summed E-state index contributed by atoms with van der Waals surface area (Å²) in [5.41, 5.74) is 2.50. The maximum Gasteiger partial charge on any atom is 0.248 e. The zero-order valence-electron chi connectivity index (χ0n) is 21.1. The largest absolute Gasteiger partial charge is 0.390 e. The summed E-state index contributed by atoms with van der Waals surface area (Å²) in [6, 6.07) is 10.2. The number of aliphatic hydroxyl groups excluding tert-OH is 1. The molecule has 0 fully saturated rings. The molecule has 0 aliphatic heterocycles. The fourth-order valence-corrected chi connectivity index (χ4v) is 4.08. The number of carbonyl (C=O) groups excluding carboxylic acids is 1. The van der Waals surface area contributed by atoms with Gasteiger partial charge in [-0.25, -0.2) is 17.6 Å². The first kappa shape index (κ1) is 29.8. The summed E-state index contributed by atoms with van der Waals surface area (Å²) in [5.74, 6) is -4.81. The number of benzene rings is 2. The smallest absolute Gasteiger partial charge is 0.248 e. The minimum atomic E-state index is -2.81. The van der Waals surface area contributed by atoms with Crippen LogP contribution in [0.15, 0.2) is 42.5 Å². The van der Waals surface area contributed by atoms with E-state index >= 15 is 0 Å². The summed E-state index contributed by atoms with van der Waals surface area (Å²) in [6.45, 7) is 4.52. The van der Waals surface area contributed by atoms with E-state index in [1.165, 1.54) is 5.56 Å². The van der Waals surface area contributed by atoms with Crippen molar-refractivity contribution in [3.05, 3.63) is 70.8 Å². The lowest BCUT2D eigenvalue weighted by Crippen LogP contribution is -2.48. The molecule has 0 radical (unpaired) electrons. The quantitative estimate of drug-likeness (QED) is 0.254. The summed E-state index contributed by atoms with van der Waals surface area (Å²) in [5, 5.41) is 16.6. The third-order valence-electron chi connectivity index (χ3n) is 6.11.